The normalized spacial score (nSPS) is 12.8. The molecule has 0 spiro atoms. The number of hydrogen-bond acceptors (Lipinski definition) is 4. The molecule has 4 nitrogen and oxygen atoms in total. The van der Waals surface area contributed by atoms with Gasteiger partial charge in [-0.2, -0.15) is 0 Å². The van der Waals surface area contributed by atoms with Gasteiger partial charge in [0.25, 0.3) is 0 Å². The Kier molecular flexibility index (Phi) is 4.01. The van der Waals surface area contributed by atoms with Gasteiger partial charge in [-0.15, -0.1) is 0 Å². The van der Waals surface area contributed by atoms with Gasteiger partial charge in [-0.05, 0) is 24.3 Å². The number of nitrogens with one attached hydrogen (secondary N) is 1. The molecule has 92 valence electrons. The van der Waals surface area contributed by atoms with Crippen LogP contribution in [-0.4, -0.2) is 11.7 Å². The Morgan fingerprint density at radius 3 is 2.76 bits per heavy atom. The van der Waals surface area contributed by atoms with Crippen molar-refractivity contribution in [3.8, 4) is 0 Å². The molecule has 0 aromatic carbocycles. The van der Waals surface area contributed by atoms with Crippen LogP contribution in [0.15, 0.2) is 39.4 Å². The summed E-state index contributed by atoms with van der Waals surface area (Å²) in [4.78, 5) is 0. The zero-order valence-corrected chi connectivity index (χ0v) is 9.85. The molecule has 0 aliphatic rings. The van der Waals surface area contributed by atoms with E-state index in [0.29, 0.717) is 18.8 Å². The molecule has 2 heterocycles. The third-order valence-electron chi connectivity index (χ3n) is 2.57. The van der Waals surface area contributed by atoms with Gasteiger partial charge in [-0.1, -0.05) is 6.92 Å². The summed E-state index contributed by atoms with van der Waals surface area (Å²) >= 11 is 0. The zero-order valence-electron chi connectivity index (χ0n) is 9.85. The van der Waals surface area contributed by atoms with Gasteiger partial charge in [0, 0.05) is 13.0 Å². The monoisotopic (exact) mass is 235 g/mol. The van der Waals surface area contributed by atoms with Crippen molar-refractivity contribution in [3.63, 3.8) is 0 Å². The average molecular weight is 235 g/mol. The summed E-state index contributed by atoms with van der Waals surface area (Å²) in [6.07, 6.45) is 1.83. The lowest BCUT2D eigenvalue weighted by Crippen LogP contribution is -2.20. The van der Waals surface area contributed by atoms with E-state index in [-0.39, 0.29) is 0 Å². The summed E-state index contributed by atoms with van der Waals surface area (Å²) in [5.74, 6) is 2.44. The predicted octanol–water partition coefficient (Wildman–Crippen LogP) is 2.26. The van der Waals surface area contributed by atoms with E-state index in [1.807, 2.05) is 12.1 Å². The predicted molar refractivity (Wildman–Crippen MR) is 63.5 cm³/mol. The van der Waals surface area contributed by atoms with Crippen LogP contribution in [0.3, 0.4) is 0 Å². The lowest BCUT2D eigenvalue weighted by Gasteiger charge is -2.08. The fraction of sp³-hybridized carbons (Fsp3) is 0.385. The van der Waals surface area contributed by atoms with E-state index in [1.165, 1.54) is 0 Å². The number of furan rings is 2. The standard InChI is InChI=1S/C13H17NO3/c1-2-10-5-6-11(17-10)8-14-9-12(15)13-4-3-7-16-13/h3-7,12,14-15H,2,8-9H2,1H3. The molecule has 0 saturated heterocycles. The highest BCUT2D eigenvalue weighted by Crippen LogP contribution is 2.12. The van der Waals surface area contributed by atoms with Gasteiger partial charge in [-0.25, -0.2) is 0 Å². The molecular weight excluding hydrogens is 218 g/mol. The lowest BCUT2D eigenvalue weighted by atomic mass is 10.2. The lowest BCUT2D eigenvalue weighted by molar-refractivity contribution is 0.146. The largest absolute Gasteiger partial charge is 0.467 e. The Bertz CT molecular complexity index is 433. The van der Waals surface area contributed by atoms with E-state index in [4.69, 9.17) is 8.83 Å². The molecule has 1 unspecified atom stereocenters. The Hall–Kier alpha value is -1.52. The highest BCUT2D eigenvalue weighted by atomic mass is 16.4. The number of rotatable bonds is 6. The summed E-state index contributed by atoms with van der Waals surface area (Å²) in [6, 6.07) is 7.44. The highest BCUT2D eigenvalue weighted by Gasteiger charge is 2.09. The maximum absolute atomic E-state index is 9.75. The van der Waals surface area contributed by atoms with Crippen molar-refractivity contribution in [2.45, 2.75) is 26.0 Å². The minimum absolute atomic E-state index is 0.440. The van der Waals surface area contributed by atoms with Crippen LogP contribution in [0, 0.1) is 0 Å². The molecule has 17 heavy (non-hydrogen) atoms. The fourth-order valence-electron chi connectivity index (χ4n) is 1.62. The fourth-order valence-corrected chi connectivity index (χ4v) is 1.62. The summed E-state index contributed by atoms with van der Waals surface area (Å²) in [5, 5.41) is 12.9. The molecule has 0 aliphatic carbocycles. The Morgan fingerprint density at radius 2 is 2.12 bits per heavy atom. The molecule has 0 aliphatic heterocycles. The molecule has 0 bridgehead atoms. The van der Waals surface area contributed by atoms with Gasteiger partial charge in [-0.3, -0.25) is 0 Å². The topological polar surface area (TPSA) is 58.5 Å². The molecule has 0 saturated carbocycles. The number of aryl methyl sites for hydroxylation is 1. The van der Waals surface area contributed by atoms with Gasteiger partial charge >= 0.3 is 0 Å². The minimum Gasteiger partial charge on any atom is -0.467 e. The van der Waals surface area contributed by atoms with Crippen LogP contribution in [0.25, 0.3) is 0 Å². The van der Waals surface area contributed by atoms with E-state index >= 15 is 0 Å². The first-order valence-corrected chi connectivity index (χ1v) is 5.79. The molecule has 0 fully saturated rings. The van der Waals surface area contributed by atoms with Crippen molar-refractivity contribution >= 4 is 0 Å². The van der Waals surface area contributed by atoms with Crippen molar-refractivity contribution in [1.29, 1.82) is 0 Å². The van der Waals surface area contributed by atoms with Crippen molar-refractivity contribution in [2.24, 2.45) is 0 Å². The second-order valence-corrected chi connectivity index (χ2v) is 3.88. The third kappa shape index (κ3) is 3.22. The second kappa shape index (κ2) is 5.70. The SMILES string of the molecule is CCc1ccc(CNCC(O)c2ccco2)o1. The molecule has 2 rings (SSSR count). The molecule has 0 amide bonds. The smallest absolute Gasteiger partial charge is 0.133 e. The summed E-state index contributed by atoms with van der Waals surface area (Å²) < 4.78 is 10.6. The van der Waals surface area contributed by atoms with Crippen LogP contribution >= 0.6 is 0 Å². The van der Waals surface area contributed by atoms with E-state index < -0.39 is 6.10 Å². The summed E-state index contributed by atoms with van der Waals surface area (Å²) in [7, 11) is 0. The first kappa shape index (κ1) is 12.0. The van der Waals surface area contributed by atoms with E-state index in [0.717, 1.165) is 17.9 Å². The quantitative estimate of drug-likeness (QED) is 0.806. The summed E-state index contributed by atoms with van der Waals surface area (Å²) in [5.41, 5.74) is 0. The first-order chi connectivity index (χ1) is 8.29. The number of aliphatic hydroxyl groups is 1. The highest BCUT2D eigenvalue weighted by molar-refractivity contribution is 5.07. The van der Waals surface area contributed by atoms with Crippen molar-refractivity contribution < 1.29 is 13.9 Å². The van der Waals surface area contributed by atoms with Gasteiger partial charge < -0.3 is 19.3 Å². The molecule has 2 N–H and O–H groups in total. The van der Waals surface area contributed by atoms with E-state index in [9.17, 15) is 5.11 Å². The van der Waals surface area contributed by atoms with Crippen LogP contribution < -0.4 is 5.32 Å². The van der Waals surface area contributed by atoms with Crippen LogP contribution in [-0.2, 0) is 13.0 Å². The minimum atomic E-state index is -0.620. The van der Waals surface area contributed by atoms with Gasteiger partial charge in [0.15, 0.2) is 0 Å². The van der Waals surface area contributed by atoms with Gasteiger partial charge in [0.1, 0.15) is 23.4 Å². The van der Waals surface area contributed by atoms with Crippen LogP contribution in [0.1, 0.15) is 30.3 Å². The van der Waals surface area contributed by atoms with E-state index in [2.05, 4.69) is 12.2 Å². The van der Waals surface area contributed by atoms with E-state index in [1.54, 1.807) is 18.4 Å². The Morgan fingerprint density at radius 1 is 1.29 bits per heavy atom. The maximum atomic E-state index is 9.75. The molecule has 4 heteroatoms. The molecule has 0 radical (unpaired) electrons. The van der Waals surface area contributed by atoms with Crippen LogP contribution in [0.5, 0.6) is 0 Å². The van der Waals surface area contributed by atoms with Crippen molar-refractivity contribution in [1.82, 2.24) is 5.32 Å². The van der Waals surface area contributed by atoms with Gasteiger partial charge in [0.05, 0.1) is 12.8 Å². The third-order valence-corrected chi connectivity index (χ3v) is 2.57. The van der Waals surface area contributed by atoms with Gasteiger partial charge in [0.2, 0.25) is 0 Å². The summed E-state index contributed by atoms with van der Waals surface area (Å²) in [6.45, 7) is 3.10. The number of aliphatic hydroxyl groups excluding tert-OH is 1. The van der Waals surface area contributed by atoms with Crippen LogP contribution in [0.4, 0.5) is 0 Å². The van der Waals surface area contributed by atoms with Crippen molar-refractivity contribution in [3.05, 3.63) is 47.8 Å². The van der Waals surface area contributed by atoms with Crippen molar-refractivity contribution in [2.75, 3.05) is 6.54 Å². The maximum Gasteiger partial charge on any atom is 0.133 e. The molecule has 1 atom stereocenters. The molecule has 2 aromatic heterocycles. The van der Waals surface area contributed by atoms with Crippen LogP contribution in [0.2, 0.25) is 0 Å². The second-order valence-electron chi connectivity index (χ2n) is 3.88. The average Bonchev–Trinajstić information content (AvgIpc) is 3.00. The molecular formula is C13H17NO3. The molecule has 2 aromatic rings. The number of hydrogen-bond donors (Lipinski definition) is 2. The Balaban J connectivity index is 1.76. The zero-order chi connectivity index (χ0) is 12.1. The Labute approximate surface area is 100 Å². The first-order valence-electron chi connectivity index (χ1n) is 5.79.